The van der Waals surface area contributed by atoms with Gasteiger partial charge in [0.2, 0.25) is 5.91 Å². The van der Waals surface area contributed by atoms with Gasteiger partial charge in [-0.1, -0.05) is 54.2 Å². The summed E-state index contributed by atoms with van der Waals surface area (Å²) in [6.45, 7) is 0.573. The van der Waals surface area contributed by atoms with E-state index < -0.39 is 0 Å². The van der Waals surface area contributed by atoms with Crippen LogP contribution in [0.1, 0.15) is 12.0 Å². The summed E-state index contributed by atoms with van der Waals surface area (Å²) < 4.78 is 1.71. The van der Waals surface area contributed by atoms with Crippen molar-refractivity contribution in [2.24, 2.45) is 0 Å². The van der Waals surface area contributed by atoms with Crippen molar-refractivity contribution in [3.05, 3.63) is 70.5 Å². The molecule has 1 aromatic heterocycles. The maximum atomic E-state index is 13.0. The van der Waals surface area contributed by atoms with E-state index >= 15 is 0 Å². The molecule has 140 valence electrons. The van der Waals surface area contributed by atoms with Crippen molar-refractivity contribution in [3.8, 4) is 0 Å². The van der Waals surface area contributed by atoms with Crippen LogP contribution >= 0.6 is 11.8 Å². The van der Waals surface area contributed by atoms with Crippen LogP contribution in [0.25, 0.3) is 10.9 Å². The van der Waals surface area contributed by atoms with Gasteiger partial charge in [-0.3, -0.25) is 14.2 Å². The third kappa shape index (κ3) is 4.77. The Balaban J connectivity index is 1.85. The molecule has 0 aliphatic rings. The topological polar surface area (TPSA) is 55.2 Å². The average Bonchev–Trinajstić information content (AvgIpc) is 2.68. The van der Waals surface area contributed by atoms with Crippen molar-refractivity contribution < 1.29 is 4.79 Å². The number of carbonyl (C=O) groups is 1. The summed E-state index contributed by atoms with van der Waals surface area (Å²) >= 11 is 1.32. The standard InChI is InChI=1S/C21H23N3O2S/c1-23(2)19(25)15-27-21-22-18-13-7-6-12-17(18)20(26)24(21)14-8-11-16-9-4-3-5-10-16/h3-7,9-10,12-13H,8,11,14-15H2,1-2H3. The number of amides is 1. The molecule has 0 spiro atoms. The zero-order valence-corrected chi connectivity index (χ0v) is 16.4. The van der Waals surface area contributed by atoms with E-state index in [1.54, 1.807) is 29.6 Å². The largest absolute Gasteiger partial charge is 0.348 e. The van der Waals surface area contributed by atoms with Crippen molar-refractivity contribution in [1.29, 1.82) is 0 Å². The number of para-hydroxylation sites is 1. The molecule has 0 unspecified atom stereocenters. The van der Waals surface area contributed by atoms with Crippen LogP contribution in [0.5, 0.6) is 0 Å². The van der Waals surface area contributed by atoms with Gasteiger partial charge in [0.25, 0.3) is 5.56 Å². The summed E-state index contributed by atoms with van der Waals surface area (Å²) in [5.41, 5.74) is 1.87. The van der Waals surface area contributed by atoms with Gasteiger partial charge in [-0.15, -0.1) is 0 Å². The molecule has 27 heavy (non-hydrogen) atoms. The summed E-state index contributed by atoms with van der Waals surface area (Å²) in [4.78, 5) is 31.1. The molecular formula is C21H23N3O2S. The van der Waals surface area contributed by atoms with Gasteiger partial charge in [0, 0.05) is 20.6 Å². The Morgan fingerprint density at radius 2 is 1.78 bits per heavy atom. The molecule has 1 amide bonds. The number of carbonyl (C=O) groups excluding carboxylic acids is 1. The van der Waals surface area contributed by atoms with Crippen molar-refractivity contribution >= 4 is 28.6 Å². The van der Waals surface area contributed by atoms with E-state index in [0.717, 1.165) is 12.8 Å². The van der Waals surface area contributed by atoms with Crippen molar-refractivity contribution in [3.63, 3.8) is 0 Å². The zero-order valence-electron chi connectivity index (χ0n) is 15.6. The number of hydrogen-bond acceptors (Lipinski definition) is 4. The van der Waals surface area contributed by atoms with Gasteiger partial charge in [0.05, 0.1) is 16.7 Å². The van der Waals surface area contributed by atoms with Crippen LogP contribution in [0.15, 0.2) is 64.5 Å². The Labute approximate surface area is 163 Å². The number of aryl methyl sites for hydroxylation is 1. The van der Waals surface area contributed by atoms with Crippen LogP contribution in [-0.2, 0) is 17.8 Å². The molecule has 0 N–H and O–H groups in total. The molecule has 0 atom stereocenters. The van der Waals surface area contributed by atoms with Crippen LogP contribution in [0.3, 0.4) is 0 Å². The van der Waals surface area contributed by atoms with Gasteiger partial charge < -0.3 is 4.90 Å². The Hall–Kier alpha value is -2.60. The summed E-state index contributed by atoms with van der Waals surface area (Å²) in [6, 6.07) is 17.6. The molecule has 0 bridgehead atoms. The fourth-order valence-corrected chi connectivity index (χ4v) is 3.80. The first-order valence-electron chi connectivity index (χ1n) is 8.92. The molecule has 3 rings (SSSR count). The summed E-state index contributed by atoms with van der Waals surface area (Å²) in [7, 11) is 3.45. The van der Waals surface area contributed by atoms with Gasteiger partial charge in [-0.05, 0) is 30.5 Å². The zero-order chi connectivity index (χ0) is 19.2. The summed E-state index contributed by atoms with van der Waals surface area (Å²) in [5.74, 6) is 0.259. The Morgan fingerprint density at radius 3 is 2.52 bits per heavy atom. The van der Waals surface area contributed by atoms with Gasteiger partial charge >= 0.3 is 0 Å². The maximum absolute atomic E-state index is 13.0. The number of benzene rings is 2. The fourth-order valence-electron chi connectivity index (χ4n) is 2.80. The Kier molecular flexibility index (Phi) is 6.29. The SMILES string of the molecule is CN(C)C(=O)CSc1nc2ccccc2c(=O)n1CCCc1ccccc1. The molecule has 1 heterocycles. The fraction of sp³-hybridized carbons (Fsp3) is 0.286. The molecule has 6 heteroatoms. The second-order valence-electron chi connectivity index (χ2n) is 6.53. The number of nitrogens with zero attached hydrogens (tertiary/aromatic N) is 3. The van der Waals surface area contributed by atoms with Gasteiger partial charge in [-0.25, -0.2) is 4.98 Å². The third-order valence-electron chi connectivity index (χ3n) is 4.34. The van der Waals surface area contributed by atoms with E-state index in [1.165, 1.54) is 17.3 Å². The minimum atomic E-state index is -0.0477. The lowest BCUT2D eigenvalue weighted by Crippen LogP contribution is -2.26. The number of aromatic nitrogens is 2. The highest BCUT2D eigenvalue weighted by Gasteiger charge is 2.13. The lowest BCUT2D eigenvalue weighted by atomic mass is 10.1. The first-order chi connectivity index (χ1) is 13.1. The van der Waals surface area contributed by atoms with Gasteiger partial charge in [0.15, 0.2) is 5.16 Å². The highest BCUT2D eigenvalue weighted by atomic mass is 32.2. The molecule has 0 radical (unpaired) electrons. The van der Waals surface area contributed by atoms with Crippen LogP contribution < -0.4 is 5.56 Å². The second kappa shape index (κ2) is 8.86. The third-order valence-corrected chi connectivity index (χ3v) is 5.30. The number of rotatable bonds is 7. The summed E-state index contributed by atoms with van der Waals surface area (Å²) in [5, 5.41) is 1.21. The molecule has 5 nitrogen and oxygen atoms in total. The van der Waals surface area contributed by atoms with Crippen molar-refractivity contribution in [2.45, 2.75) is 24.5 Å². The predicted octanol–water partition coefficient (Wildman–Crippen LogP) is 3.21. The molecule has 0 aliphatic carbocycles. The van der Waals surface area contributed by atoms with Crippen molar-refractivity contribution in [1.82, 2.24) is 14.5 Å². The summed E-state index contributed by atoms with van der Waals surface area (Å²) in [6.07, 6.45) is 1.72. The maximum Gasteiger partial charge on any atom is 0.262 e. The van der Waals surface area contributed by atoms with Gasteiger partial charge in [0.1, 0.15) is 0 Å². The Bertz CT molecular complexity index is 984. The van der Waals surface area contributed by atoms with E-state index in [1.807, 2.05) is 36.4 Å². The van der Waals surface area contributed by atoms with Crippen LogP contribution in [0, 0.1) is 0 Å². The number of fused-ring (bicyclic) bond motifs is 1. The highest BCUT2D eigenvalue weighted by molar-refractivity contribution is 7.99. The second-order valence-corrected chi connectivity index (χ2v) is 7.48. The minimum absolute atomic E-state index is 0.00163. The van der Waals surface area contributed by atoms with Gasteiger partial charge in [-0.2, -0.15) is 0 Å². The van der Waals surface area contributed by atoms with E-state index in [9.17, 15) is 9.59 Å². The average molecular weight is 382 g/mol. The molecule has 0 fully saturated rings. The first-order valence-corrected chi connectivity index (χ1v) is 9.91. The van der Waals surface area contributed by atoms with Crippen molar-refractivity contribution in [2.75, 3.05) is 19.8 Å². The lowest BCUT2D eigenvalue weighted by Gasteiger charge is -2.14. The number of hydrogen-bond donors (Lipinski definition) is 0. The predicted molar refractivity (Wildman–Crippen MR) is 110 cm³/mol. The number of thioether (sulfide) groups is 1. The highest BCUT2D eigenvalue weighted by Crippen LogP contribution is 2.19. The first kappa shape index (κ1) is 19.2. The smallest absolute Gasteiger partial charge is 0.262 e. The van der Waals surface area contributed by atoms with E-state index in [4.69, 9.17) is 0 Å². The molecule has 0 saturated heterocycles. The monoisotopic (exact) mass is 381 g/mol. The quantitative estimate of drug-likeness (QED) is 0.466. The van der Waals surface area contributed by atoms with Crippen LogP contribution in [0.2, 0.25) is 0 Å². The molecule has 3 aromatic rings. The Morgan fingerprint density at radius 1 is 1.07 bits per heavy atom. The normalized spacial score (nSPS) is 10.9. The van der Waals surface area contributed by atoms with E-state index in [0.29, 0.717) is 22.6 Å². The van der Waals surface area contributed by atoms with E-state index in [2.05, 4.69) is 17.1 Å². The molecular weight excluding hydrogens is 358 g/mol. The minimum Gasteiger partial charge on any atom is -0.348 e. The molecule has 2 aromatic carbocycles. The molecule has 0 aliphatic heterocycles. The van der Waals surface area contributed by atoms with Crippen LogP contribution in [0.4, 0.5) is 0 Å². The van der Waals surface area contributed by atoms with Crippen LogP contribution in [-0.4, -0.2) is 40.2 Å². The molecule has 0 saturated carbocycles. The van der Waals surface area contributed by atoms with E-state index in [-0.39, 0.29) is 17.2 Å². The lowest BCUT2D eigenvalue weighted by molar-refractivity contribution is -0.125.